The van der Waals surface area contributed by atoms with E-state index in [1.807, 2.05) is 0 Å². The molecule has 0 radical (unpaired) electrons. The Morgan fingerprint density at radius 3 is 0.882 bits per heavy atom. The van der Waals surface area contributed by atoms with Crippen LogP contribution in [0.1, 0.15) is 64.2 Å². The first-order chi connectivity index (χ1) is 32.3. The van der Waals surface area contributed by atoms with Gasteiger partial charge in [0.2, 0.25) is 0 Å². The first-order valence-corrected chi connectivity index (χ1v) is 20.2. The smallest absolute Gasteiger partial charge is 0.657 e. The van der Waals surface area contributed by atoms with Gasteiger partial charge in [0.15, 0.2) is 0 Å². The number of aromatic nitrogens is 4. The molecule has 5 heterocycles. The van der Waals surface area contributed by atoms with Crippen LogP contribution in [-0.4, -0.2) is 80.7 Å². The first kappa shape index (κ1) is 45.6. The van der Waals surface area contributed by atoms with Crippen molar-refractivity contribution in [3.05, 3.63) is 142 Å². The van der Waals surface area contributed by atoms with Crippen LogP contribution in [0.4, 0.5) is 0 Å². The molecule has 8 bridgehead atoms. The molecule has 0 fully saturated rings. The average Bonchev–Trinajstić information content (AvgIpc) is 4.17. The van der Waals surface area contributed by atoms with E-state index in [9.17, 15) is 44.7 Å². The van der Waals surface area contributed by atoms with Crippen molar-refractivity contribution in [2.45, 2.75) is 0 Å². The van der Waals surface area contributed by atoms with Crippen LogP contribution in [0.3, 0.4) is 0 Å². The number of aromatic carboxylic acids is 1. The first-order valence-electron chi connectivity index (χ1n) is 20.2. The Bertz CT molecular complexity index is 3470. The van der Waals surface area contributed by atoms with Gasteiger partial charge in [0, 0.05) is 0 Å². The molecule has 68 heavy (non-hydrogen) atoms. The zero-order chi connectivity index (χ0) is 47.3. The van der Waals surface area contributed by atoms with E-state index < -0.39 is 29.6 Å². The summed E-state index contributed by atoms with van der Waals surface area (Å²) in [5.74, 6) is -5.24. The summed E-state index contributed by atoms with van der Waals surface area (Å²) in [5.41, 5.74) is 5.34. The number of nitrogens with zero attached hydrogens (tertiary/aromatic N) is 4. The molecule has 0 amide bonds. The summed E-state index contributed by atoms with van der Waals surface area (Å²) in [7, 11) is 3.58. The van der Waals surface area contributed by atoms with E-state index in [2.05, 4.69) is 0 Å². The summed E-state index contributed by atoms with van der Waals surface area (Å²) in [4.78, 5) is 69.9. The molecule has 0 saturated carbocycles. The Hall–Kier alpha value is -8.92. The quantitative estimate of drug-likeness (QED) is 0.0544. The number of ether oxygens (including phenoxy) is 3. The SMILES string of the molecule is COC(=O)c1ccc(-c2c3nc(c(-c4ccc(C(=O)OC)c(O)c4)c4ccc([n-]4)c(-c4ccc(C(=O)OC)c(O)c4)c4nc(c(-c5ccc(C(=O)O)c(O)c5)c5ccc2[n-]5)C=C4)C=C3)cc1O.[Mn+3]. The van der Waals surface area contributed by atoms with E-state index in [0.29, 0.717) is 89.4 Å². The number of hydrogen-bond donors (Lipinski definition) is 5. The summed E-state index contributed by atoms with van der Waals surface area (Å²) in [6.07, 6.45) is 6.85. The third kappa shape index (κ3) is 8.08. The number of benzene rings is 4. The third-order valence-corrected chi connectivity index (χ3v) is 11.2. The molecule has 7 aromatic rings. The summed E-state index contributed by atoms with van der Waals surface area (Å²) < 4.78 is 14.6. The summed E-state index contributed by atoms with van der Waals surface area (Å²) in [6, 6.07) is 24.1. The van der Waals surface area contributed by atoms with Gasteiger partial charge in [0.1, 0.15) is 45.3 Å². The fourth-order valence-electron chi connectivity index (χ4n) is 8.05. The molecule has 0 unspecified atom stereocenters. The topological polar surface area (TPSA) is 251 Å². The van der Waals surface area contributed by atoms with E-state index in [1.165, 1.54) is 75.9 Å². The molecule has 2 aliphatic rings. The van der Waals surface area contributed by atoms with Gasteiger partial charge >= 0.3 is 40.9 Å². The average molecular weight is 950 g/mol. The second kappa shape index (κ2) is 18.2. The zero-order valence-corrected chi connectivity index (χ0v) is 37.0. The van der Waals surface area contributed by atoms with Gasteiger partial charge in [-0.05, 0) is 117 Å². The van der Waals surface area contributed by atoms with Crippen molar-refractivity contribution in [2.75, 3.05) is 21.3 Å². The van der Waals surface area contributed by atoms with Gasteiger partial charge in [0.05, 0.1) is 44.1 Å². The number of carboxylic acid groups (broad SMARTS) is 1. The standard InChI is InChI=1S/C51H36N4O12.Mn/c1-65-49(62)29-9-5-25(21-41(29)57)45-34-14-12-32(52-34)44(24-4-8-28(48(60)61)40(56)20-24)33-13-15-35(53-33)46(26-6-10-30(42(58)22-26)50(63)66-2)37-17-19-39(55-37)47(38-18-16-36(45)54-38)27-7-11-31(43(59)23-27)51(64)67-3;/h4-23H,1-3H3,(H7,52,53,54,55,56,57,58,59,60,61,62,63,64);/q;+3/p-2. The fraction of sp³-hybridized carbons (Fsp3) is 0.0588. The Labute approximate surface area is 395 Å². The van der Waals surface area contributed by atoms with Crippen LogP contribution in [0.2, 0.25) is 0 Å². The van der Waals surface area contributed by atoms with E-state index in [0.717, 1.165) is 0 Å². The number of carbonyl (C=O) groups excluding carboxylic acids is 3. The van der Waals surface area contributed by atoms with Gasteiger partial charge < -0.3 is 49.7 Å². The Morgan fingerprint density at radius 2 is 0.662 bits per heavy atom. The number of rotatable bonds is 8. The minimum atomic E-state index is -1.34. The third-order valence-electron chi connectivity index (χ3n) is 11.2. The minimum absolute atomic E-state index is 0. The molecule has 0 aliphatic carbocycles. The number of phenols is 4. The van der Waals surface area contributed by atoms with Crippen LogP contribution in [0.25, 0.3) is 90.9 Å². The molecule has 3 aromatic heterocycles. The van der Waals surface area contributed by atoms with Crippen LogP contribution < -0.4 is 9.97 Å². The number of aromatic hydroxyl groups is 4. The number of methoxy groups -OCH3 is 3. The molecule has 16 nitrogen and oxygen atoms in total. The maximum absolute atomic E-state index is 12.5. The van der Waals surface area contributed by atoms with Crippen molar-refractivity contribution in [1.29, 1.82) is 0 Å². The number of fused-ring (bicyclic) bond motifs is 8. The molecule has 4 aromatic carbocycles. The summed E-state index contributed by atoms with van der Waals surface area (Å²) in [5, 5.41) is 54.1. The van der Waals surface area contributed by atoms with Gasteiger partial charge in [-0.2, -0.15) is 0 Å². The normalized spacial score (nSPS) is 11.5. The van der Waals surface area contributed by atoms with Crippen molar-refractivity contribution < 1.29 is 76.0 Å². The maximum atomic E-state index is 12.5. The van der Waals surface area contributed by atoms with Gasteiger partial charge in [-0.1, -0.05) is 48.5 Å². The van der Waals surface area contributed by atoms with E-state index >= 15 is 0 Å². The number of hydrogen-bond acceptors (Lipinski definition) is 13. The number of phenolic OH excluding ortho intramolecular Hbond substituents is 3. The van der Waals surface area contributed by atoms with Gasteiger partial charge in [0.25, 0.3) is 0 Å². The van der Waals surface area contributed by atoms with Crippen LogP contribution in [0.5, 0.6) is 23.0 Å². The van der Waals surface area contributed by atoms with Gasteiger partial charge in [-0.15, -0.1) is 22.1 Å². The van der Waals surface area contributed by atoms with E-state index in [-0.39, 0.29) is 56.6 Å². The van der Waals surface area contributed by atoms with E-state index in [1.54, 1.807) is 66.8 Å². The maximum Gasteiger partial charge on any atom is 3.00 e. The van der Waals surface area contributed by atoms with E-state index in [4.69, 9.17) is 34.1 Å². The van der Waals surface area contributed by atoms with Crippen LogP contribution >= 0.6 is 0 Å². The van der Waals surface area contributed by atoms with Crippen molar-refractivity contribution in [2.24, 2.45) is 0 Å². The number of carboxylic acids is 1. The van der Waals surface area contributed by atoms with Gasteiger partial charge in [-0.25, -0.2) is 29.1 Å². The molecule has 2 aliphatic heterocycles. The molecule has 0 saturated heterocycles. The Balaban J connectivity index is 0.00000625. The molecule has 336 valence electrons. The summed E-state index contributed by atoms with van der Waals surface area (Å²) in [6.45, 7) is 0. The Kier molecular flexibility index (Phi) is 12.2. The van der Waals surface area contributed by atoms with Crippen molar-refractivity contribution >= 4 is 70.2 Å². The van der Waals surface area contributed by atoms with Crippen molar-refractivity contribution in [3.8, 4) is 67.5 Å². The van der Waals surface area contributed by atoms with Crippen LogP contribution in [0.15, 0.2) is 97.1 Å². The number of carbonyl (C=O) groups is 4. The largest absolute Gasteiger partial charge is 3.00 e. The minimum Gasteiger partial charge on any atom is -0.657 e. The Morgan fingerprint density at radius 1 is 0.412 bits per heavy atom. The molecule has 0 atom stereocenters. The fourth-order valence-corrected chi connectivity index (χ4v) is 8.05. The van der Waals surface area contributed by atoms with Crippen molar-refractivity contribution in [1.82, 2.24) is 19.9 Å². The zero-order valence-electron chi connectivity index (χ0n) is 35.8. The molecule has 17 heteroatoms. The molecule has 0 spiro atoms. The molecule has 9 rings (SSSR count). The monoisotopic (exact) mass is 949 g/mol. The predicted molar refractivity (Wildman–Crippen MR) is 246 cm³/mol. The molecular weight excluding hydrogens is 916 g/mol. The second-order valence-electron chi connectivity index (χ2n) is 15.1. The summed E-state index contributed by atoms with van der Waals surface area (Å²) >= 11 is 0. The van der Waals surface area contributed by atoms with Crippen LogP contribution in [-0.2, 0) is 31.3 Å². The number of esters is 3. The molecule has 5 N–H and O–H groups in total. The van der Waals surface area contributed by atoms with Crippen molar-refractivity contribution in [3.63, 3.8) is 0 Å². The predicted octanol–water partition coefficient (Wildman–Crippen LogP) is 8.46. The molecular formula is C51H34MnN4O12+. The van der Waals surface area contributed by atoms with Crippen LogP contribution in [0, 0.1) is 0 Å². The second-order valence-corrected chi connectivity index (χ2v) is 15.1. The van der Waals surface area contributed by atoms with Gasteiger partial charge in [-0.3, -0.25) is 0 Å².